The maximum atomic E-state index is 13.4. The van der Waals surface area contributed by atoms with Crippen LogP contribution < -0.4 is 5.56 Å². The van der Waals surface area contributed by atoms with Gasteiger partial charge in [-0.3, -0.25) is 9.59 Å². The molecule has 1 aliphatic heterocycles. The van der Waals surface area contributed by atoms with E-state index in [0.29, 0.717) is 10.8 Å². The smallest absolute Gasteiger partial charge is 0.275 e. The molecule has 0 saturated carbocycles. The highest BCUT2D eigenvalue weighted by molar-refractivity contribution is 7.89. The van der Waals surface area contributed by atoms with E-state index in [2.05, 4.69) is 5.10 Å². The Morgan fingerprint density at radius 3 is 2.35 bits per heavy atom. The van der Waals surface area contributed by atoms with Crippen LogP contribution in [0.15, 0.2) is 52.2 Å². The molecule has 0 N–H and O–H groups in total. The van der Waals surface area contributed by atoms with E-state index in [1.54, 1.807) is 24.3 Å². The Morgan fingerprint density at radius 2 is 1.71 bits per heavy atom. The molecular weight excluding hydrogens is 447 g/mol. The number of carbonyl (C=O) groups is 1. The van der Waals surface area contributed by atoms with Crippen LogP contribution in [0.4, 0.5) is 4.39 Å². The first-order valence-electron chi connectivity index (χ1n) is 9.40. The van der Waals surface area contributed by atoms with Crippen LogP contribution in [0.25, 0.3) is 10.8 Å². The fourth-order valence-corrected chi connectivity index (χ4v) is 5.22. The Balaban J connectivity index is 1.56. The molecule has 3 aromatic rings. The van der Waals surface area contributed by atoms with Crippen LogP contribution in [-0.4, -0.2) is 59.5 Å². The molecule has 1 saturated heterocycles. The lowest BCUT2D eigenvalue weighted by atomic mass is 10.1. The number of aryl methyl sites for hydroxylation is 1. The highest BCUT2D eigenvalue weighted by Crippen LogP contribution is 2.24. The molecule has 1 aromatic heterocycles. The Bertz CT molecular complexity index is 1350. The monoisotopic (exact) mass is 464 g/mol. The molecule has 8 nitrogen and oxygen atoms in total. The lowest BCUT2D eigenvalue weighted by molar-refractivity contribution is 0.0691. The summed E-state index contributed by atoms with van der Waals surface area (Å²) in [6, 6.07) is 9.97. The predicted octanol–water partition coefficient (Wildman–Crippen LogP) is 1.87. The molecule has 162 valence electrons. The minimum Gasteiger partial charge on any atom is -0.335 e. The van der Waals surface area contributed by atoms with Gasteiger partial charge in [-0.15, -0.1) is 0 Å². The van der Waals surface area contributed by atoms with Gasteiger partial charge in [0.25, 0.3) is 11.5 Å². The van der Waals surface area contributed by atoms with E-state index in [0.717, 1.165) is 22.9 Å². The van der Waals surface area contributed by atoms with Gasteiger partial charge in [0.15, 0.2) is 5.69 Å². The van der Waals surface area contributed by atoms with Crippen LogP contribution in [-0.2, 0) is 17.1 Å². The van der Waals surface area contributed by atoms with E-state index in [1.807, 2.05) is 0 Å². The third-order valence-electron chi connectivity index (χ3n) is 5.21. The minimum absolute atomic E-state index is 0.0623. The predicted molar refractivity (Wildman–Crippen MR) is 113 cm³/mol. The zero-order valence-electron chi connectivity index (χ0n) is 16.5. The van der Waals surface area contributed by atoms with E-state index >= 15 is 0 Å². The topological polar surface area (TPSA) is 92.6 Å². The lowest BCUT2D eigenvalue weighted by Crippen LogP contribution is -2.50. The second-order valence-electron chi connectivity index (χ2n) is 7.10. The molecule has 0 bridgehead atoms. The number of hydrogen-bond donors (Lipinski definition) is 0. The van der Waals surface area contributed by atoms with Crippen molar-refractivity contribution in [1.29, 1.82) is 0 Å². The van der Waals surface area contributed by atoms with E-state index in [1.165, 1.54) is 16.3 Å². The maximum Gasteiger partial charge on any atom is 0.275 e. The van der Waals surface area contributed by atoms with Crippen LogP contribution in [0.3, 0.4) is 0 Å². The number of carbonyl (C=O) groups excluding carboxylic acids is 1. The molecule has 2 aromatic carbocycles. The van der Waals surface area contributed by atoms with Gasteiger partial charge in [-0.1, -0.05) is 29.8 Å². The number of halogens is 2. The van der Waals surface area contributed by atoms with Gasteiger partial charge in [0.2, 0.25) is 10.0 Å². The Labute approximate surface area is 182 Å². The van der Waals surface area contributed by atoms with Crippen molar-refractivity contribution in [3.63, 3.8) is 0 Å². The number of amides is 1. The van der Waals surface area contributed by atoms with Crippen molar-refractivity contribution in [1.82, 2.24) is 19.0 Å². The zero-order chi connectivity index (χ0) is 22.3. The van der Waals surface area contributed by atoms with E-state index in [4.69, 9.17) is 11.6 Å². The van der Waals surface area contributed by atoms with E-state index in [9.17, 15) is 22.4 Å². The molecule has 1 fully saturated rings. The molecule has 2 heterocycles. The van der Waals surface area contributed by atoms with Gasteiger partial charge >= 0.3 is 0 Å². The Hall–Kier alpha value is -2.82. The highest BCUT2D eigenvalue weighted by Gasteiger charge is 2.32. The molecule has 1 amide bonds. The van der Waals surface area contributed by atoms with Crippen molar-refractivity contribution >= 4 is 38.3 Å². The van der Waals surface area contributed by atoms with Crippen molar-refractivity contribution in [3.05, 3.63) is 69.4 Å². The van der Waals surface area contributed by atoms with Gasteiger partial charge in [0.05, 0.1) is 15.3 Å². The van der Waals surface area contributed by atoms with Crippen molar-refractivity contribution in [3.8, 4) is 0 Å². The standard InChI is InChI=1S/C20H18ClFN4O4S/c1-24-19(27)15-5-3-2-4-14(15)18(23-24)20(28)25-8-10-26(11-9-25)31(29,30)13-6-7-17(22)16(21)12-13/h2-7,12H,8-11H2,1H3. The molecular formula is C20H18ClFN4O4S. The van der Waals surface area contributed by atoms with Gasteiger partial charge in [-0.05, 0) is 24.3 Å². The third kappa shape index (κ3) is 3.82. The Morgan fingerprint density at radius 1 is 1.06 bits per heavy atom. The average Bonchev–Trinajstić information content (AvgIpc) is 2.77. The summed E-state index contributed by atoms with van der Waals surface area (Å²) in [6.07, 6.45) is 0. The van der Waals surface area contributed by atoms with Gasteiger partial charge in [0, 0.05) is 38.6 Å². The van der Waals surface area contributed by atoms with E-state index in [-0.39, 0.29) is 53.3 Å². The number of hydrogen-bond acceptors (Lipinski definition) is 5. The normalized spacial score (nSPS) is 15.4. The fourth-order valence-electron chi connectivity index (χ4n) is 3.53. The van der Waals surface area contributed by atoms with Crippen LogP contribution in [0.1, 0.15) is 10.5 Å². The van der Waals surface area contributed by atoms with Crippen LogP contribution in [0, 0.1) is 5.82 Å². The van der Waals surface area contributed by atoms with E-state index < -0.39 is 15.8 Å². The van der Waals surface area contributed by atoms with Crippen LogP contribution >= 0.6 is 11.6 Å². The van der Waals surface area contributed by atoms with Crippen LogP contribution in [0.2, 0.25) is 5.02 Å². The minimum atomic E-state index is -3.88. The molecule has 0 radical (unpaired) electrons. The van der Waals surface area contributed by atoms with Gasteiger partial charge < -0.3 is 4.90 Å². The summed E-state index contributed by atoms with van der Waals surface area (Å²) in [5.74, 6) is -1.08. The second kappa shape index (κ2) is 8.03. The third-order valence-corrected chi connectivity index (χ3v) is 7.40. The summed E-state index contributed by atoms with van der Waals surface area (Å²) in [4.78, 5) is 26.8. The number of benzene rings is 2. The number of piperazine rings is 1. The average molecular weight is 465 g/mol. The number of fused-ring (bicyclic) bond motifs is 1. The first-order chi connectivity index (χ1) is 14.7. The second-order valence-corrected chi connectivity index (χ2v) is 9.44. The zero-order valence-corrected chi connectivity index (χ0v) is 18.0. The molecule has 0 aliphatic carbocycles. The number of nitrogens with zero attached hydrogens (tertiary/aromatic N) is 4. The quantitative estimate of drug-likeness (QED) is 0.590. The lowest BCUT2D eigenvalue weighted by Gasteiger charge is -2.34. The van der Waals surface area contributed by atoms with Crippen molar-refractivity contribution < 1.29 is 17.6 Å². The molecule has 4 rings (SSSR count). The first kappa shape index (κ1) is 21.4. The number of sulfonamides is 1. The Kier molecular flexibility index (Phi) is 5.54. The maximum absolute atomic E-state index is 13.4. The molecule has 11 heteroatoms. The molecule has 0 atom stereocenters. The van der Waals surface area contributed by atoms with Crippen molar-refractivity contribution in [2.24, 2.45) is 7.05 Å². The molecule has 0 unspecified atom stereocenters. The summed E-state index contributed by atoms with van der Waals surface area (Å²) >= 11 is 5.72. The SMILES string of the molecule is Cn1nc(C(=O)N2CCN(S(=O)(=O)c3ccc(F)c(Cl)c3)CC2)c2ccccc2c1=O. The number of aromatic nitrogens is 2. The summed E-state index contributed by atoms with van der Waals surface area (Å²) < 4.78 is 41.4. The molecule has 0 spiro atoms. The highest BCUT2D eigenvalue weighted by atomic mass is 35.5. The van der Waals surface area contributed by atoms with Crippen molar-refractivity contribution in [2.45, 2.75) is 4.90 Å². The summed E-state index contributed by atoms with van der Waals surface area (Å²) in [7, 11) is -2.40. The summed E-state index contributed by atoms with van der Waals surface area (Å²) in [5, 5.41) is 4.70. The number of rotatable bonds is 3. The van der Waals surface area contributed by atoms with Gasteiger partial charge in [-0.2, -0.15) is 9.40 Å². The van der Waals surface area contributed by atoms with Gasteiger partial charge in [-0.25, -0.2) is 17.5 Å². The van der Waals surface area contributed by atoms with Gasteiger partial charge in [0.1, 0.15) is 5.82 Å². The van der Waals surface area contributed by atoms with Crippen molar-refractivity contribution in [2.75, 3.05) is 26.2 Å². The fraction of sp³-hybridized carbons (Fsp3) is 0.250. The summed E-state index contributed by atoms with van der Waals surface area (Å²) in [6.45, 7) is 0.414. The van der Waals surface area contributed by atoms with Crippen LogP contribution in [0.5, 0.6) is 0 Å². The molecule has 31 heavy (non-hydrogen) atoms. The summed E-state index contributed by atoms with van der Waals surface area (Å²) in [5.41, 5.74) is -0.166. The first-order valence-corrected chi connectivity index (χ1v) is 11.2. The molecule has 1 aliphatic rings. The largest absolute Gasteiger partial charge is 0.335 e.